The first-order valence-electron chi connectivity index (χ1n) is 14.2. The van der Waals surface area contributed by atoms with Gasteiger partial charge >= 0.3 is 227 Å². The number of ether oxygens (including phenoxy) is 2. The van der Waals surface area contributed by atoms with E-state index in [-0.39, 0.29) is 61.2 Å². The Balaban J connectivity index is 1.34. The fourth-order valence-electron chi connectivity index (χ4n) is 9.03. The molecule has 0 aromatic heterocycles. The van der Waals surface area contributed by atoms with Crippen LogP contribution in [0.3, 0.4) is 0 Å². The molecule has 0 N–H and O–H groups in total. The molecule has 0 heterocycles. The van der Waals surface area contributed by atoms with Gasteiger partial charge in [-0.1, -0.05) is 0 Å². The molecule has 202 valence electrons. The first kappa shape index (κ1) is 26.3. The van der Waals surface area contributed by atoms with Gasteiger partial charge in [0, 0.05) is 0 Å². The van der Waals surface area contributed by atoms with Gasteiger partial charge in [0.15, 0.2) is 0 Å². The summed E-state index contributed by atoms with van der Waals surface area (Å²) in [4.78, 5) is 29.2. The molecule has 1 unspecified atom stereocenters. The third kappa shape index (κ3) is 3.72. The molecular formula is C33H40O4Se. The van der Waals surface area contributed by atoms with E-state index in [9.17, 15) is 9.59 Å². The predicted octanol–water partition coefficient (Wildman–Crippen LogP) is 5.66. The molecule has 38 heavy (non-hydrogen) atoms. The van der Waals surface area contributed by atoms with Crippen molar-refractivity contribution in [1.29, 1.82) is 0 Å². The van der Waals surface area contributed by atoms with Gasteiger partial charge in [-0.05, 0) is 0 Å². The van der Waals surface area contributed by atoms with Crippen LogP contribution in [-0.4, -0.2) is 39.7 Å². The van der Waals surface area contributed by atoms with Gasteiger partial charge in [-0.25, -0.2) is 0 Å². The number of hydrogen-bond donors (Lipinski definition) is 0. The van der Waals surface area contributed by atoms with E-state index in [1.165, 1.54) is 4.46 Å². The number of carbonyl (C=O) groups is 2. The van der Waals surface area contributed by atoms with Crippen LogP contribution in [0.5, 0.6) is 5.75 Å². The number of benzene rings is 2. The molecule has 0 saturated heterocycles. The molecule has 2 aromatic carbocycles. The monoisotopic (exact) mass is 580 g/mol. The number of carbonyl (C=O) groups excluding carboxylic acids is 2. The fourth-order valence-corrected chi connectivity index (χ4v) is 12.1. The standard InChI is InChI=1S/C33H40O4Se/c1-20-15-24-25(29(20)37-19-21-11-13-22(36-5)14-12-21)17-32(4)28(38-23-9-7-6-8-10-23)16-26-31(2,3)18-27(34)33(26,32)30(24)35/h6-14,20,24-26,28-29H,15-19H2,1-5H3/t20-,24+,25+,26+,28+,29+,32-,33?/m0/s1. The van der Waals surface area contributed by atoms with E-state index in [1.54, 1.807) is 7.11 Å². The maximum atomic E-state index is 14.7. The topological polar surface area (TPSA) is 52.6 Å². The second-order valence-corrected chi connectivity index (χ2v) is 15.9. The Hall–Kier alpha value is -1.94. The number of Topliss-reactive ketones (excluding diaryl/α,β-unsaturated/α-hetero) is 2. The number of hydrogen-bond acceptors (Lipinski definition) is 4. The molecule has 0 aliphatic heterocycles. The van der Waals surface area contributed by atoms with Crippen LogP contribution < -0.4 is 9.20 Å². The van der Waals surface area contributed by atoms with E-state index >= 15 is 0 Å². The zero-order valence-corrected chi connectivity index (χ0v) is 25.0. The van der Waals surface area contributed by atoms with Crippen molar-refractivity contribution < 1.29 is 19.1 Å². The van der Waals surface area contributed by atoms with Gasteiger partial charge in [0.2, 0.25) is 0 Å². The summed E-state index contributed by atoms with van der Waals surface area (Å²) < 4.78 is 13.3. The van der Waals surface area contributed by atoms with Crippen molar-refractivity contribution in [3.8, 4) is 5.75 Å². The van der Waals surface area contributed by atoms with Crippen LogP contribution in [0.4, 0.5) is 0 Å². The van der Waals surface area contributed by atoms with E-state index in [4.69, 9.17) is 9.47 Å². The van der Waals surface area contributed by atoms with Gasteiger partial charge in [0.05, 0.1) is 7.11 Å². The molecule has 4 fully saturated rings. The van der Waals surface area contributed by atoms with Crippen LogP contribution in [0.15, 0.2) is 54.6 Å². The van der Waals surface area contributed by atoms with Crippen molar-refractivity contribution in [2.45, 2.75) is 70.9 Å². The fraction of sp³-hybridized carbons (Fsp3) is 0.576. The Bertz CT molecular complexity index is 1220. The van der Waals surface area contributed by atoms with Crippen LogP contribution in [0.1, 0.15) is 58.9 Å². The van der Waals surface area contributed by atoms with Crippen molar-refractivity contribution in [3.63, 3.8) is 0 Å². The van der Waals surface area contributed by atoms with Crippen molar-refractivity contribution in [2.24, 2.45) is 39.9 Å². The summed E-state index contributed by atoms with van der Waals surface area (Å²) in [6, 6.07) is 18.8. The Morgan fingerprint density at radius 2 is 1.68 bits per heavy atom. The third-order valence-electron chi connectivity index (χ3n) is 10.7. The van der Waals surface area contributed by atoms with Crippen LogP contribution in [0, 0.1) is 39.9 Å². The molecule has 4 nitrogen and oxygen atoms in total. The van der Waals surface area contributed by atoms with E-state index in [1.807, 2.05) is 12.1 Å². The van der Waals surface area contributed by atoms with Crippen molar-refractivity contribution >= 4 is 31.0 Å². The molecule has 4 aliphatic rings. The first-order chi connectivity index (χ1) is 18.1. The Labute approximate surface area is 233 Å². The predicted molar refractivity (Wildman–Crippen MR) is 150 cm³/mol. The van der Waals surface area contributed by atoms with E-state index in [0.717, 1.165) is 30.6 Å². The Morgan fingerprint density at radius 3 is 2.37 bits per heavy atom. The van der Waals surface area contributed by atoms with E-state index in [2.05, 4.69) is 70.2 Å². The SMILES string of the molecule is COc1ccc(CO[C@H]2[C@@H]3C[C@@]4(C)[C@H]([Se]c5ccccc5)C[C@@H]5C(C)(C)CC(=O)C54C(=O)[C@@H]3C[C@@H]2C)cc1. The Morgan fingerprint density at radius 1 is 0.974 bits per heavy atom. The van der Waals surface area contributed by atoms with Crippen molar-refractivity contribution in [2.75, 3.05) is 7.11 Å². The summed E-state index contributed by atoms with van der Waals surface area (Å²) >= 11 is 0.209. The average Bonchev–Trinajstić information content (AvgIpc) is 3.43. The zero-order valence-electron chi connectivity index (χ0n) is 23.2. The van der Waals surface area contributed by atoms with Gasteiger partial charge in [-0.15, -0.1) is 0 Å². The molecule has 2 aromatic rings. The summed E-state index contributed by atoms with van der Waals surface area (Å²) in [5.74, 6) is 1.90. The molecule has 4 saturated carbocycles. The van der Waals surface area contributed by atoms with Gasteiger partial charge < -0.3 is 0 Å². The van der Waals surface area contributed by atoms with Gasteiger partial charge in [-0.2, -0.15) is 0 Å². The average molecular weight is 580 g/mol. The maximum absolute atomic E-state index is 14.7. The molecule has 8 atom stereocenters. The van der Waals surface area contributed by atoms with Crippen LogP contribution >= 0.6 is 0 Å². The van der Waals surface area contributed by atoms with Gasteiger partial charge in [0.25, 0.3) is 0 Å². The molecule has 0 radical (unpaired) electrons. The first-order valence-corrected chi connectivity index (χ1v) is 16.0. The van der Waals surface area contributed by atoms with Crippen molar-refractivity contribution in [3.05, 3.63) is 60.2 Å². The number of rotatable bonds is 6. The second-order valence-electron chi connectivity index (χ2n) is 13.2. The molecule has 5 heteroatoms. The molecule has 1 spiro atoms. The normalized spacial score (nSPS) is 39.1. The van der Waals surface area contributed by atoms with Crippen molar-refractivity contribution in [1.82, 2.24) is 0 Å². The van der Waals surface area contributed by atoms with Gasteiger partial charge in [-0.3, -0.25) is 0 Å². The van der Waals surface area contributed by atoms with E-state index in [0.29, 0.717) is 23.8 Å². The Kier molecular flexibility index (Phi) is 6.45. The van der Waals surface area contributed by atoms with E-state index < -0.39 is 5.41 Å². The summed E-state index contributed by atoms with van der Waals surface area (Å²) in [7, 11) is 1.68. The molecule has 0 bridgehead atoms. The number of methoxy groups -OCH3 is 1. The number of fused-ring (bicyclic) bond motifs is 1. The minimum atomic E-state index is -0.816. The van der Waals surface area contributed by atoms with Gasteiger partial charge in [0.1, 0.15) is 0 Å². The molecule has 4 aliphatic carbocycles. The summed E-state index contributed by atoms with van der Waals surface area (Å²) in [5.41, 5.74) is -0.145. The second kappa shape index (κ2) is 9.32. The summed E-state index contributed by atoms with van der Waals surface area (Å²) in [6.07, 6.45) is 3.31. The van der Waals surface area contributed by atoms with Crippen LogP contribution in [-0.2, 0) is 20.9 Å². The quantitative estimate of drug-likeness (QED) is 0.328. The third-order valence-corrected chi connectivity index (χ3v) is 14.0. The number of ketones is 2. The summed E-state index contributed by atoms with van der Waals surface area (Å²) in [6.45, 7) is 9.56. The minimum absolute atomic E-state index is 0.0358. The van der Waals surface area contributed by atoms with Crippen LogP contribution in [0.2, 0.25) is 4.82 Å². The zero-order chi connectivity index (χ0) is 26.9. The molecule has 6 rings (SSSR count). The summed E-state index contributed by atoms with van der Waals surface area (Å²) in [5, 5.41) is 0. The van der Waals surface area contributed by atoms with Crippen LogP contribution in [0.25, 0.3) is 0 Å². The molecule has 0 amide bonds. The molecular weight excluding hydrogens is 539 g/mol.